The molecule has 33 heavy (non-hydrogen) atoms. The zero-order valence-electron chi connectivity index (χ0n) is 19.3. The van der Waals surface area contributed by atoms with Crippen LogP contribution in [-0.4, -0.2) is 64.1 Å². The molecule has 2 heterocycles. The van der Waals surface area contributed by atoms with Crippen molar-refractivity contribution in [2.45, 2.75) is 26.7 Å². The van der Waals surface area contributed by atoms with Crippen molar-refractivity contribution in [2.24, 2.45) is 0 Å². The van der Waals surface area contributed by atoms with Gasteiger partial charge < -0.3 is 10.2 Å². The van der Waals surface area contributed by atoms with Crippen LogP contribution >= 0.6 is 0 Å². The van der Waals surface area contributed by atoms with Crippen LogP contribution in [0.5, 0.6) is 0 Å². The smallest absolute Gasteiger partial charge is 0.257 e. The summed E-state index contributed by atoms with van der Waals surface area (Å²) in [6, 6.07) is 17.8. The maximum Gasteiger partial charge on any atom is 0.257 e. The third-order valence-corrected chi connectivity index (χ3v) is 6.13. The second-order valence-corrected chi connectivity index (χ2v) is 8.23. The fourth-order valence-electron chi connectivity index (χ4n) is 4.31. The van der Waals surface area contributed by atoms with Crippen molar-refractivity contribution in [2.75, 3.05) is 38.0 Å². The van der Waals surface area contributed by atoms with Crippen LogP contribution in [0.15, 0.2) is 60.8 Å². The quantitative estimate of drug-likeness (QED) is 0.605. The van der Waals surface area contributed by atoms with Crippen LogP contribution in [-0.2, 0) is 17.6 Å². The number of rotatable bonds is 7. The van der Waals surface area contributed by atoms with Gasteiger partial charge in [-0.3, -0.25) is 14.5 Å². The SMILES string of the molecule is CCc1ccccc1NC(=O)CN1CCN(C(=O)c2cnn(-c3ccccc3)c2CC)CC1. The lowest BCUT2D eigenvalue weighted by molar-refractivity contribution is -0.117. The van der Waals surface area contributed by atoms with Gasteiger partial charge in [-0.25, -0.2) is 4.68 Å². The number of hydrogen-bond donors (Lipinski definition) is 1. The Morgan fingerprint density at radius 1 is 0.909 bits per heavy atom. The minimum atomic E-state index is -0.0203. The first-order valence-electron chi connectivity index (χ1n) is 11.6. The van der Waals surface area contributed by atoms with E-state index < -0.39 is 0 Å². The van der Waals surface area contributed by atoms with Gasteiger partial charge in [0.05, 0.1) is 29.7 Å². The maximum absolute atomic E-state index is 13.2. The number of hydrogen-bond acceptors (Lipinski definition) is 4. The standard InChI is InChI=1S/C26H31N5O2/c1-3-20-10-8-9-13-23(20)28-25(32)19-29-14-16-30(17-15-29)26(33)22-18-27-31(24(22)4-2)21-11-6-5-7-12-21/h5-13,18H,3-4,14-17,19H2,1-2H3,(H,28,32). The molecule has 172 valence electrons. The van der Waals surface area contributed by atoms with Crippen LogP contribution < -0.4 is 5.32 Å². The molecular formula is C26H31N5O2. The van der Waals surface area contributed by atoms with Crippen molar-refractivity contribution >= 4 is 17.5 Å². The predicted octanol–water partition coefficient (Wildman–Crippen LogP) is 3.39. The van der Waals surface area contributed by atoms with E-state index in [0.29, 0.717) is 38.3 Å². The molecule has 1 aliphatic heterocycles. The first-order valence-corrected chi connectivity index (χ1v) is 11.6. The number of aromatic nitrogens is 2. The number of anilines is 1. The van der Waals surface area contributed by atoms with Crippen molar-refractivity contribution < 1.29 is 9.59 Å². The van der Waals surface area contributed by atoms with E-state index in [1.807, 2.05) is 71.1 Å². The van der Waals surface area contributed by atoms with Crippen molar-refractivity contribution in [3.05, 3.63) is 77.6 Å². The second kappa shape index (κ2) is 10.4. The summed E-state index contributed by atoms with van der Waals surface area (Å²) >= 11 is 0. The van der Waals surface area contributed by atoms with E-state index in [2.05, 4.69) is 22.2 Å². The van der Waals surface area contributed by atoms with Crippen LogP contribution in [0.1, 0.15) is 35.5 Å². The van der Waals surface area contributed by atoms with Gasteiger partial charge >= 0.3 is 0 Å². The summed E-state index contributed by atoms with van der Waals surface area (Å²) in [5.74, 6) is -0.0110. The number of benzene rings is 2. The van der Waals surface area contributed by atoms with E-state index in [1.165, 1.54) is 0 Å². The van der Waals surface area contributed by atoms with Crippen molar-refractivity contribution in [1.29, 1.82) is 0 Å². The topological polar surface area (TPSA) is 70.5 Å². The molecule has 7 heteroatoms. The van der Waals surface area contributed by atoms with E-state index in [1.54, 1.807) is 6.20 Å². The third-order valence-electron chi connectivity index (χ3n) is 6.13. The average Bonchev–Trinajstić information content (AvgIpc) is 3.29. The Bertz CT molecular complexity index is 1100. The molecule has 0 atom stereocenters. The van der Waals surface area contributed by atoms with Crippen molar-refractivity contribution in [3.8, 4) is 5.69 Å². The van der Waals surface area contributed by atoms with E-state index in [0.717, 1.165) is 35.5 Å². The number of nitrogens with zero attached hydrogens (tertiary/aromatic N) is 4. The van der Waals surface area contributed by atoms with Gasteiger partial charge in [0.2, 0.25) is 5.91 Å². The predicted molar refractivity (Wildman–Crippen MR) is 130 cm³/mol. The number of aryl methyl sites for hydroxylation is 1. The van der Waals surface area contributed by atoms with E-state index in [4.69, 9.17) is 0 Å². The zero-order chi connectivity index (χ0) is 23.2. The van der Waals surface area contributed by atoms with Gasteiger partial charge in [-0.1, -0.05) is 50.2 Å². The Kier molecular flexibility index (Phi) is 7.19. The van der Waals surface area contributed by atoms with Gasteiger partial charge in [-0.15, -0.1) is 0 Å². The first kappa shape index (κ1) is 22.7. The highest BCUT2D eigenvalue weighted by Crippen LogP contribution is 2.19. The van der Waals surface area contributed by atoms with Crippen LogP contribution in [0.25, 0.3) is 5.69 Å². The highest BCUT2D eigenvalue weighted by molar-refractivity contribution is 5.95. The molecule has 0 bridgehead atoms. The molecule has 1 fully saturated rings. The van der Waals surface area contributed by atoms with Crippen LogP contribution in [0.4, 0.5) is 5.69 Å². The number of carbonyl (C=O) groups excluding carboxylic acids is 2. The molecule has 2 amide bonds. The highest BCUT2D eigenvalue weighted by Gasteiger charge is 2.26. The molecule has 1 saturated heterocycles. The van der Waals surface area contributed by atoms with Crippen LogP contribution in [0.2, 0.25) is 0 Å². The summed E-state index contributed by atoms with van der Waals surface area (Å²) in [7, 11) is 0. The summed E-state index contributed by atoms with van der Waals surface area (Å²) in [6.45, 7) is 6.97. The molecule has 0 aliphatic carbocycles. The van der Waals surface area contributed by atoms with Gasteiger partial charge in [0.1, 0.15) is 0 Å². The summed E-state index contributed by atoms with van der Waals surface area (Å²) < 4.78 is 1.85. The molecule has 4 rings (SSSR count). The molecule has 0 saturated carbocycles. The zero-order valence-corrected chi connectivity index (χ0v) is 19.3. The van der Waals surface area contributed by atoms with Crippen LogP contribution in [0.3, 0.4) is 0 Å². The second-order valence-electron chi connectivity index (χ2n) is 8.23. The summed E-state index contributed by atoms with van der Waals surface area (Å²) in [4.78, 5) is 29.8. The van der Waals surface area contributed by atoms with Gasteiger partial charge in [-0.2, -0.15) is 5.10 Å². The Balaban J connectivity index is 1.35. The monoisotopic (exact) mass is 445 g/mol. The molecule has 7 nitrogen and oxygen atoms in total. The molecule has 1 N–H and O–H groups in total. The maximum atomic E-state index is 13.2. The van der Waals surface area contributed by atoms with E-state index in [-0.39, 0.29) is 11.8 Å². The molecule has 3 aromatic rings. The lowest BCUT2D eigenvalue weighted by Crippen LogP contribution is -2.50. The number of piperazine rings is 1. The average molecular weight is 446 g/mol. The molecule has 0 spiro atoms. The minimum Gasteiger partial charge on any atom is -0.336 e. The molecule has 1 aromatic heterocycles. The Morgan fingerprint density at radius 3 is 2.30 bits per heavy atom. The number of nitrogens with one attached hydrogen (secondary N) is 1. The van der Waals surface area contributed by atoms with Gasteiger partial charge in [0, 0.05) is 31.9 Å². The lowest BCUT2D eigenvalue weighted by Gasteiger charge is -2.34. The third kappa shape index (κ3) is 5.14. The molecule has 2 aromatic carbocycles. The largest absolute Gasteiger partial charge is 0.336 e. The number of carbonyl (C=O) groups is 2. The summed E-state index contributed by atoms with van der Waals surface area (Å²) in [5, 5.41) is 7.52. The fourth-order valence-corrected chi connectivity index (χ4v) is 4.31. The normalized spacial score (nSPS) is 14.3. The molecular weight excluding hydrogens is 414 g/mol. The number of para-hydroxylation sites is 2. The Hall–Kier alpha value is -3.45. The summed E-state index contributed by atoms with van der Waals surface area (Å²) in [6.07, 6.45) is 3.27. The number of amides is 2. The van der Waals surface area contributed by atoms with Crippen molar-refractivity contribution in [3.63, 3.8) is 0 Å². The van der Waals surface area contributed by atoms with Crippen molar-refractivity contribution in [1.82, 2.24) is 19.6 Å². The summed E-state index contributed by atoms with van der Waals surface area (Å²) in [5.41, 5.74) is 4.53. The minimum absolute atomic E-state index is 0.00926. The molecule has 1 aliphatic rings. The fraction of sp³-hybridized carbons (Fsp3) is 0.346. The van der Waals surface area contributed by atoms with Gasteiger partial charge in [-0.05, 0) is 36.6 Å². The first-order chi connectivity index (χ1) is 16.1. The van der Waals surface area contributed by atoms with Crippen LogP contribution in [0, 0.1) is 0 Å². The van der Waals surface area contributed by atoms with E-state index >= 15 is 0 Å². The van der Waals surface area contributed by atoms with Gasteiger partial charge in [0.25, 0.3) is 5.91 Å². The Morgan fingerprint density at radius 2 is 1.61 bits per heavy atom. The van der Waals surface area contributed by atoms with E-state index in [9.17, 15) is 9.59 Å². The highest BCUT2D eigenvalue weighted by atomic mass is 16.2. The molecule has 0 unspecified atom stereocenters. The Labute approximate surface area is 195 Å². The van der Waals surface area contributed by atoms with Gasteiger partial charge in [0.15, 0.2) is 0 Å². The lowest BCUT2D eigenvalue weighted by atomic mass is 10.1. The molecule has 0 radical (unpaired) electrons.